The maximum absolute atomic E-state index is 12.6. The lowest BCUT2D eigenvalue weighted by molar-refractivity contribution is -0.125. The van der Waals surface area contributed by atoms with Crippen molar-refractivity contribution in [2.45, 2.75) is 19.4 Å². The van der Waals surface area contributed by atoms with Crippen molar-refractivity contribution in [2.75, 3.05) is 18.0 Å². The zero-order valence-corrected chi connectivity index (χ0v) is 18.2. The van der Waals surface area contributed by atoms with Gasteiger partial charge in [-0.2, -0.15) is 4.52 Å². The smallest absolute Gasteiger partial charge is 0.223 e. The van der Waals surface area contributed by atoms with Crippen molar-refractivity contribution in [1.29, 1.82) is 0 Å². The van der Waals surface area contributed by atoms with Gasteiger partial charge in [-0.1, -0.05) is 41.9 Å². The fourth-order valence-corrected chi connectivity index (χ4v) is 4.15. The van der Waals surface area contributed by atoms with Crippen molar-refractivity contribution in [1.82, 2.24) is 25.1 Å². The Hall–Kier alpha value is -3.45. The third-order valence-corrected chi connectivity index (χ3v) is 6.10. The molecule has 162 valence electrons. The van der Waals surface area contributed by atoms with Gasteiger partial charge in [-0.05, 0) is 54.8 Å². The second kappa shape index (κ2) is 8.96. The number of benzene rings is 2. The van der Waals surface area contributed by atoms with Gasteiger partial charge in [0.2, 0.25) is 5.91 Å². The van der Waals surface area contributed by atoms with Gasteiger partial charge in [0, 0.05) is 36.1 Å². The monoisotopic (exact) mass is 446 g/mol. The first kappa shape index (κ1) is 20.5. The highest BCUT2D eigenvalue weighted by Crippen LogP contribution is 2.24. The number of anilines is 1. The van der Waals surface area contributed by atoms with E-state index >= 15 is 0 Å². The molecule has 0 atom stereocenters. The van der Waals surface area contributed by atoms with E-state index in [4.69, 9.17) is 16.7 Å². The summed E-state index contributed by atoms with van der Waals surface area (Å²) in [4.78, 5) is 14.8. The topological polar surface area (TPSA) is 75.4 Å². The summed E-state index contributed by atoms with van der Waals surface area (Å²) in [5, 5.41) is 17.1. The molecular formula is C24H23ClN6O. The average Bonchev–Trinajstić information content (AvgIpc) is 3.27. The summed E-state index contributed by atoms with van der Waals surface area (Å²) in [6.07, 6.45) is 1.60. The fraction of sp³-hybridized carbons (Fsp3) is 0.250. The number of nitrogens with one attached hydrogen (secondary N) is 1. The Morgan fingerprint density at radius 2 is 1.72 bits per heavy atom. The van der Waals surface area contributed by atoms with Crippen molar-refractivity contribution in [3.8, 4) is 11.4 Å². The molecule has 0 bridgehead atoms. The molecule has 1 N–H and O–H groups in total. The van der Waals surface area contributed by atoms with E-state index < -0.39 is 0 Å². The van der Waals surface area contributed by atoms with Crippen LogP contribution in [0.1, 0.15) is 18.4 Å². The first-order chi connectivity index (χ1) is 15.7. The number of carbonyl (C=O) groups is 1. The summed E-state index contributed by atoms with van der Waals surface area (Å²) < 4.78 is 1.76. The number of hydrogen-bond acceptors (Lipinski definition) is 5. The van der Waals surface area contributed by atoms with Crippen LogP contribution < -0.4 is 10.2 Å². The molecule has 0 spiro atoms. The van der Waals surface area contributed by atoms with E-state index in [0.717, 1.165) is 42.9 Å². The van der Waals surface area contributed by atoms with Crippen molar-refractivity contribution < 1.29 is 4.79 Å². The Morgan fingerprint density at radius 3 is 2.47 bits per heavy atom. The number of fused-ring (bicyclic) bond motifs is 1. The Labute approximate surface area is 191 Å². The molecular weight excluding hydrogens is 424 g/mol. The largest absolute Gasteiger partial charge is 0.355 e. The van der Waals surface area contributed by atoms with Crippen LogP contribution in [0.15, 0.2) is 66.7 Å². The molecule has 3 heterocycles. The Morgan fingerprint density at radius 1 is 0.969 bits per heavy atom. The molecule has 1 saturated heterocycles. The predicted octanol–water partition coefficient (Wildman–Crippen LogP) is 3.98. The third-order valence-electron chi connectivity index (χ3n) is 5.85. The zero-order chi connectivity index (χ0) is 21.9. The second-order valence-corrected chi connectivity index (χ2v) is 8.39. The molecule has 32 heavy (non-hydrogen) atoms. The number of nitrogens with zero attached hydrogens (tertiary/aromatic N) is 5. The molecule has 0 unspecified atom stereocenters. The van der Waals surface area contributed by atoms with Gasteiger partial charge in [0.15, 0.2) is 11.5 Å². The van der Waals surface area contributed by atoms with E-state index in [1.54, 1.807) is 4.52 Å². The highest BCUT2D eigenvalue weighted by Gasteiger charge is 2.26. The number of piperidine rings is 1. The molecule has 1 amide bonds. The lowest BCUT2D eigenvalue weighted by atomic mass is 9.96. The van der Waals surface area contributed by atoms with Crippen LogP contribution in [0.3, 0.4) is 0 Å². The van der Waals surface area contributed by atoms with Crippen LogP contribution in [0.4, 0.5) is 5.82 Å². The van der Waals surface area contributed by atoms with Gasteiger partial charge in [0.05, 0.1) is 0 Å². The van der Waals surface area contributed by atoms with Gasteiger partial charge in [-0.3, -0.25) is 4.79 Å². The molecule has 5 rings (SSSR count). The van der Waals surface area contributed by atoms with Crippen molar-refractivity contribution >= 4 is 29.0 Å². The summed E-state index contributed by atoms with van der Waals surface area (Å²) >= 11 is 6.01. The Balaban J connectivity index is 1.25. The van der Waals surface area contributed by atoms with E-state index in [9.17, 15) is 4.79 Å². The minimum absolute atomic E-state index is 0.0261. The summed E-state index contributed by atoms with van der Waals surface area (Å²) in [6.45, 7) is 2.12. The summed E-state index contributed by atoms with van der Waals surface area (Å²) in [5.74, 6) is 1.68. The number of aromatic nitrogens is 4. The summed E-state index contributed by atoms with van der Waals surface area (Å²) in [5.41, 5.74) is 2.70. The van der Waals surface area contributed by atoms with Crippen LogP contribution in [-0.2, 0) is 11.3 Å². The molecule has 2 aromatic carbocycles. The third kappa shape index (κ3) is 4.29. The van der Waals surface area contributed by atoms with Gasteiger partial charge >= 0.3 is 0 Å². The van der Waals surface area contributed by atoms with Gasteiger partial charge in [0.25, 0.3) is 0 Å². The van der Waals surface area contributed by atoms with E-state index in [0.29, 0.717) is 23.0 Å². The van der Waals surface area contributed by atoms with Crippen molar-refractivity contribution in [3.05, 3.63) is 77.3 Å². The van der Waals surface area contributed by atoms with Gasteiger partial charge in [-0.15, -0.1) is 15.3 Å². The molecule has 1 aliphatic heterocycles. The molecule has 1 aliphatic rings. The van der Waals surface area contributed by atoms with E-state index in [2.05, 4.69) is 20.4 Å². The molecule has 8 heteroatoms. The number of rotatable bonds is 5. The highest BCUT2D eigenvalue weighted by molar-refractivity contribution is 6.30. The number of halogens is 1. The Kier molecular flexibility index (Phi) is 5.73. The van der Waals surface area contributed by atoms with Crippen LogP contribution in [0.2, 0.25) is 5.02 Å². The molecule has 2 aromatic heterocycles. The lowest BCUT2D eigenvalue weighted by Gasteiger charge is -2.32. The van der Waals surface area contributed by atoms with Crippen LogP contribution in [0.5, 0.6) is 0 Å². The van der Waals surface area contributed by atoms with E-state index in [-0.39, 0.29) is 11.8 Å². The zero-order valence-electron chi connectivity index (χ0n) is 17.5. The Bertz CT molecular complexity index is 1220. The predicted molar refractivity (Wildman–Crippen MR) is 124 cm³/mol. The van der Waals surface area contributed by atoms with Crippen molar-refractivity contribution in [3.63, 3.8) is 0 Å². The molecule has 7 nitrogen and oxygen atoms in total. The average molecular weight is 447 g/mol. The van der Waals surface area contributed by atoms with Gasteiger partial charge < -0.3 is 10.2 Å². The first-order valence-corrected chi connectivity index (χ1v) is 11.1. The molecule has 0 radical (unpaired) electrons. The van der Waals surface area contributed by atoms with Gasteiger partial charge in [-0.25, -0.2) is 0 Å². The number of hydrogen-bond donors (Lipinski definition) is 1. The molecule has 1 fully saturated rings. The SMILES string of the molecule is O=C(NCc1ccccc1)C1CCN(c2ccc3nnc(-c4ccc(Cl)cc4)n3n2)CC1. The standard InChI is InChI=1S/C24H23ClN6O/c25-20-8-6-18(7-9-20)23-28-27-21-10-11-22(29-31(21)23)30-14-12-19(13-15-30)24(32)26-16-17-4-2-1-3-5-17/h1-11,19H,12-16H2,(H,26,32). The number of carbonyl (C=O) groups excluding carboxylic acids is 1. The molecule has 4 aromatic rings. The first-order valence-electron chi connectivity index (χ1n) is 10.7. The van der Waals surface area contributed by atoms with Crippen LogP contribution in [-0.4, -0.2) is 38.8 Å². The quantitative estimate of drug-likeness (QED) is 0.502. The normalized spacial score (nSPS) is 14.6. The van der Waals surface area contributed by atoms with Crippen LogP contribution >= 0.6 is 11.6 Å². The fourth-order valence-electron chi connectivity index (χ4n) is 4.03. The van der Waals surface area contributed by atoms with Crippen molar-refractivity contribution in [2.24, 2.45) is 5.92 Å². The van der Waals surface area contributed by atoms with E-state index in [1.807, 2.05) is 66.7 Å². The summed E-state index contributed by atoms with van der Waals surface area (Å²) in [7, 11) is 0. The molecule has 0 aliphatic carbocycles. The van der Waals surface area contributed by atoms with Gasteiger partial charge in [0.1, 0.15) is 5.82 Å². The second-order valence-electron chi connectivity index (χ2n) is 7.96. The minimum atomic E-state index is 0.0261. The summed E-state index contributed by atoms with van der Waals surface area (Å²) in [6, 6.07) is 21.4. The maximum Gasteiger partial charge on any atom is 0.223 e. The van der Waals surface area contributed by atoms with Crippen LogP contribution in [0, 0.1) is 5.92 Å². The molecule has 0 saturated carbocycles. The minimum Gasteiger partial charge on any atom is -0.355 e. The van der Waals surface area contributed by atoms with Crippen LogP contribution in [0.25, 0.3) is 17.0 Å². The highest BCUT2D eigenvalue weighted by atomic mass is 35.5. The van der Waals surface area contributed by atoms with E-state index in [1.165, 1.54) is 0 Å². The lowest BCUT2D eigenvalue weighted by Crippen LogP contribution is -2.40. The maximum atomic E-state index is 12.6. The number of amides is 1.